The van der Waals surface area contributed by atoms with Crippen molar-refractivity contribution in [1.29, 1.82) is 0 Å². The van der Waals surface area contributed by atoms with Crippen LogP contribution in [0.15, 0.2) is 0 Å². The molecule has 57 heavy (non-hydrogen) atoms. The highest BCUT2D eigenvalue weighted by Crippen LogP contribution is 2.14. The van der Waals surface area contributed by atoms with E-state index in [0.717, 1.165) is 110 Å². The molecule has 0 aromatic carbocycles. The van der Waals surface area contributed by atoms with Crippen molar-refractivity contribution >= 4 is 18.2 Å². The number of nitrogens with one attached hydrogen (secondary N) is 4. The molecular formula is C45H90N6O6. The van der Waals surface area contributed by atoms with E-state index in [-0.39, 0.29) is 24.3 Å². The molecule has 0 aromatic heterocycles. The van der Waals surface area contributed by atoms with Crippen LogP contribution in [0.5, 0.6) is 0 Å². The Morgan fingerprint density at radius 1 is 0.667 bits per heavy atom. The van der Waals surface area contributed by atoms with Crippen LogP contribution in [0.3, 0.4) is 0 Å². The highest BCUT2D eigenvalue weighted by molar-refractivity contribution is 5.69. The van der Waals surface area contributed by atoms with Crippen molar-refractivity contribution in [2.24, 2.45) is 0 Å². The van der Waals surface area contributed by atoms with Crippen molar-refractivity contribution < 1.29 is 28.6 Å². The molecule has 1 heterocycles. The van der Waals surface area contributed by atoms with Gasteiger partial charge in [-0.3, -0.25) is 15.5 Å². The van der Waals surface area contributed by atoms with Gasteiger partial charge in [-0.15, -0.1) is 0 Å². The minimum Gasteiger partial charge on any atom is -0.466 e. The molecular weight excluding hydrogens is 721 g/mol. The fourth-order valence-electron chi connectivity index (χ4n) is 7.11. The molecule has 1 rings (SSSR count). The van der Waals surface area contributed by atoms with Gasteiger partial charge in [0.25, 0.3) is 0 Å². The Balaban J connectivity index is 2.27. The van der Waals surface area contributed by atoms with Gasteiger partial charge < -0.3 is 29.7 Å². The number of carbonyl (C=O) groups excluding carboxylic acids is 3. The lowest BCUT2D eigenvalue weighted by Crippen LogP contribution is -2.44. The molecule has 2 amide bonds. The van der Waals surface area contributed by atoms with Crippen LogP contribution in [0.4, 0.5) is 9.59 Å². The Kier molecular flexibility index (Phi) is 37.7. The average molecular weight is 811 g/mol. The number of amides is 2. The van der Waals surface area contributed by atoms with Crippen LogP contribution < -0.4 is 21.4 Å². The van der Waals surface area contributed by atoms with Crippen molar-refractivity contribution in [3.63, 3.8) is 0 Å². The Morgan fingerprint density at radius 2 is 1.25 bits per heavy atom. The molecule has 1 aliphatic heterocycles. The number of unbranched alkanes of at least 4 members (excludes halogenated alkanes) is 19. The molecule has 1 atom stereocenters. The summed E-state index contributed by atoms with van der Waals surface area (Å²) in [6.45, 7) is 14.6. The van der Waals surface area contributed by atoms with E-state index in [1.165, 1.54) is 89.9 Å². The van der Waals surface area contributed by atoms with Crippen LogP contribution in [0.1, 0.15) is 194 Å². The fourth-order valence-corrected chi connectivity index (χ4v) is 7.11. The van der Waals surface area contributed by atoms with Crippen molar-refractivity contribution in [3.05, 3.63) is 0 Å². The summed E-state index contributed by atoms with van der Waals surface area (Å²) in [5.74, 6) is -0.0530. The summed E-state index contributed by atoms with van der Waals surface area (Å²) in [7, 11) is 0. The van der Waals surface area contributed by atoms with Gasteiger partial charge in [0.1, 0.15) is 12.7 Å². The number of hydrogen-bond donors (Lipinski definition) is 4. The van der Waals surface area contributed by atoms with Crippen LogP contribution in [-0.4, -0.2) is 106 Å². The summed E-state index contributed by atoms with van der Waals surface area (Å²) in [6, 6.07) is 0. The summed E-state index contributed by atoms with van der Waals surface area (Å²) in [6.07, 6.45) is 29.9. The number of esters is 1. The minimum atomic E-state index is -0.336. The van der Waals surface area contributed by atoms with E-state index in [0.29, 0.717) is 45.9 Å². The molecule has 1 aliphatic rings. The number of ether oxygens (including phenoxy) is 3. The lowest BCUT2D eigenvalue weighted by atomic mass is 10.1. The molecule has 1 fully saturated rings. The maximum atomic E-state index is 12.7. The minimum absolute atomic E-state index is 0.0530. The van der Waals surface area contributed by atoms with E-state index in [9.17, 15) is 14.4 Å². The molecule has 12 heteroatoms. The third-order valence-corrected chi connectivity index (χ3v) is 10.8. The maximum Gasteiger partial charge on any atom is 0.409 e. The van der Waals surface area contributed by atoms with Gasteiger partial charge in [0, 0.05) is 32.6 Å². The Hall–Kier alpha value is -2.15. The van der Waals surface area contributed by atoms with E-state index in [4.69, 9.17) is 14.2 Å². The third-order valence-electron chi connectivity index (χ3n) is 10.8. The predicted molar refractivity (Wildman–Crippen MR) is 234 cm³/mol. The molecule has 0 bridgehead atoms. The monoisotopic (exact) mass is 811 g/mol. The molecule has 1 unspecified atom stereocenters. The Labute approximate surface area is 349 Å². The summed E-state index contributed by atoms with van der Waals surface area (Å²) in [5, 5.41) is 12.1. The van der Waals surface area contributed by atoms with Crippen LogP contribution in [0.25, 0.3) is 0 Å². The normalized spacial score (nSPS) is 13.3. The second kappa shape index (κ2) is 40.6. The molecule has 0 saturated carbocycles. The van der Waals surface area contributed by atoms with Gasteiger partial charge in [0.2, 0.25) is 0 Å². The lowest BCUT2D eigenvalue weighted by Gasteiger charge is -2.24. The molecule has 4 N–H and O–H groups in total. The van der Waals surface area contributed by atoms with E-state index >= 15 is 0 Å². The van der Waals surface area contributed by atoms with E-state index in [1.54, 1.807) is 4.90 Å². The number of cyclic esters (lactones) is 1. The smallest absolute Gasteiger partial charge is 0.409 e. The van der Waals surface area contributed by atoms with Crippen LogP contribution in [-0.2, 0) is 19.0 Å². The zero-order chi connectivity index (χ0) is 41.3. The molecule has 0 spiro atoms. The molecule has 0 aliphatic carbocycles. The van der Waals surface area contributed by atoms with Gasteiger partial charge in [-0.05, 0) is 77.4 Å². The zero-order valence-electron chi connectivity index (χ0n) is 37.3. The SMILES string of the molecule is CCCCCCCCCOC(=O)CCCCCCCN(CCCCNCNC(=O)OC(CCCCCCCC)CCNCCCCCC)NCCN1CCOC1=O. The largest absolute Gasteiger partial charge is 0.466 e. The van der Waals surface area contributed by atoms with Crippen LogP contribution >= 0.6 is 0 Å². The van der Waals surface area contributed by atoms with Crippen molar-refractivity contribution in [2.45, 2.75) is 200 Å². The number of carbonyl (C=O) groups is 3. The number of alkyl carbamates (subject to hydrolysis) is 1. The van der Waals surface area contributed by atoms with Gasteiger partial charge in [-0.2, -0.15) is 0 Å². The predicted octanol–water partition coefficient (Wildman–Crippen LogP) is 9.61. The number of nitrogens with zero attached hydrogens (tertiary/aromatic N) is 2. The molecule has 0 radical (unpaired) electrons. The second-order valence-electron chi connectivity index (χ2n) is 16.1. The van der Waals surface area contributed by atoms with Crippen molar-refractivity contribution in [3.8, 4) is 0 Å². The first-order valence-corrected chi connectivity index (χ1v) is 23.9. The summed E-state index contributed by atoms with van der Waals surface area (Å²) in [5.41, 5.74) is 3.54. The topological polar surface area (TPSA) is 134 Å². The third kappa shape index (κ3) is 34.4. The van der Waals surface area contributed by atoms with Gasteiger partial charge in [-0.1, -0.05) is 130 Å². The summed E-state index contributed by atoms with van der Waals surface area (Å²) >= 11 is 0. The summed E-state index contributed by atoms with van der Waals surface area (Å²) in [4.78, 5) is 38.4. The molecule has 0 aromatic rings. The second-order valence-corrected chi connectivity index (χ2v) is 16.1. The standard InChI is InChI=1S/C45H90N6O6/c1-4-7-10-13-15-20-27-39-55-43(52)29-22-18-16-19-25-35-51(49-34-37-50-38-40-56-45(50)54)36-26-24-32-47-41-48-44(53)57-42(28-21-17-14-11-8-5-2)30-33-46-31-23-12-9-6-3/h42,46-47,49H,4-41H2,1-3H3,(H,48,53). The summed E-state index contributed by atoms with van der Waals surface area (Å²) < 4.78 is 16.4. The first kappa shape index (κ1) is 52.9. The van der Waals surface area contributed by atoms with Crippen LogP contribution in [0, 0.1) is 0 Å². The highest BCUT2D eigenvalue weighted by atomic mass is 16.6. The lowest BCUT2D eigenvalue weighted by molar-refractivity contribution is -0.143. The van der Waals surface area contributed by atoms with Crippen molar-refractivity contribution in [2.75, 3.05) is 72.2 Å². The van der Waals surface area contributed by atoms with E-state index in [2.05, 4.69) is 47.2 Å². The van der Waals surface area contributed by atoms with Gasteiger partial charge in [0.05, 0.1) is 19.8 Å². The average Bonchev–Trinajstić information content (AvgIpc) is 3.62. The Bertz CT molecular complexity index is 931. The van der Waals surface area contributed by atoms with Crippen LogP contribution in [0.2, 0.25) is 0 Å². The fraction of sp³-hybridized carbons (Fsp3) is 0.933. The first-order chi connectivity index (χ1) is 28.0. The Morgan fingerprint density at radius 3 is 1.93 bits per heavy atom. The van der Waals surface area contributed by atoms with E-state index < -0.39 is 0 Å². The van der Waals surface area contributed by atoms with Gasteiger partial charge >= 0.3 is 18.2 Å². The number of hydrogen-bond acceptors (Lipinski definition) is 10. The number of rotatable bonds is 43. The first-order valence-electron chi connectivity index (χ1n) is 23.9. The number of hydrazine groups is 1. The molecule has 336 valence electrons. The zero-order valence-corrected chi connectivity index (χ0v) is 37.3. The quantitative estimate of drug-likeness (QED) is 0.0155. The van der Waals surface area contributed by atoms with Crippen molar-refractivity contribution in [1.82, 2.24) is 31.3 Å². The highest BCUT2D eigenvalue weighted by Gasteiger charge is 2.21. The molecule has 1 saturated heterocycles. The molecule has 12 nitrogen and oxygen atoms in total. The van der Waals surface area contributed by atoms with Gasteiger partial charge in [0.15, 0.2) is 0 Å². The maximum absolute atomic E-state index is 12.7. The van der Waals surface area contributed by atoms with Gasteiger partial charge in [-0.25, -0.2) is 14.6 Å². The van der Waals surface area contributed by atoms with E-state index in [1.807, 2.05) is 0 Å².